The number of carbonyl (C=O) groups is 2. The summed E-state index contributed by atoms with van der Waals surface area (Å²) in [5, 5.41) is 2.72. The van der Waals surface area contributed by atoms with E-state index in [-0.39, 0.29) is 17.9 Å². The average Bonchev–Trinajstić information content (AvgIpc) is 2.96. The molecule has 0 aliphatic carbocycles. The maximum atomic E-state index is 12.8. The molecule has 122 valence electrons. The van der Waals surface area contributed by atoms with E-state index < -0.39 is 0 Å². The van der Waals surface area contributed by atoms with Gasteiger partial charge in [-0.3, -0.25) is 9.59 Å². The number of hydrogen-bond acceptors (Lipinski definition) is 2. The van der Waals surface area contributed by atoms with Crippen LogP contribution in [0.4, 0.5) is 0 Å². The van der Waals surface area contributed by atoms with Crippen LogP contribution in [-0.4, -0.2) is 16.7 Å². The summed E-state index contributed by atoms with van der Waals surface area (Å²) >= 11 is 0. The second-order valence-corrected chi connectivity index (χ2v) is 5.93. The zero-order chi connectivity index (χ0) is 17.1. The summed E-state index contributed by atoms with van der Waals surface area (Å²) in [4.78, 5) is 25.9. The van der Waals surface area contributed by atoms with Crippen molar-refractivity contribution in [2.24, 2.45) is 0 Å². The molecule has 0 unspecified atom stereocenters. The SMILES string of the molecule is C=CC(=O)NCc1ccc(C(=O)N2Cc3ccccc3[C@@H]2C)cc1. The summed E-state index contributed by atoms with van der Waals surface area (Å²) in [6, 6.07) is 15.6. The Labute approximate surface area is 141 Å². The van der Waals surface area contributed by atoms with Gasteiger partial charge in [0, 0.05) is 18.7 Å². The van der Waals surface area contributed by atoms with Crippen LogP contribution in [0.5, 0.6) is 0 Å². The fraction of sp³-hybridized carbons (Fsp3) is 0.200. The molecule has 0 radical (unpaired) electrons. The molecule has 1 aliphatic rings. The third kappa shape index (κ3) is 3.08. The van der Waals surface area contributed by atoms with Crippen LogP contribution in [0.25, 0.3) is 0 Å². The Morgan fingerprint density at radius 3 is 2.58 bits per heavy atom. The van der Waals surface area contributed by atoms with Crippen LogP contribution in [0, 0.1) is 0 Å². The van der Waals surface area contributed by atoms with Crippen LogP contribution in [0.3, 0.4) is 0 Å². The third-order valence-electron chi connectivity index (χ3n) is 4.43. The summed E-state index contributed by atoms with van der Waals surface area (Å²) in [5.74, 6) is -0.181. The van der Waals surface area contributed by atoms with E-state index in [2.05, 4.69) is 31.0 Å². The van der Waals surface area contributed by atoms with E-state index in [0.29, 0.717) is 18.7 Å². The summed E-state index contributed by atoms with van der Waals surface area (Å²) < 4.78 is 0. The predicted molar refractivity (Wildman–Crippen MR) is 93.2 cm³/mol. The molecule has 1 N–H and O–H groups in total. The Balaban J connectivity index is 1.70. The van der Waals surface area contributed by atoms with Crippen molar-refractivity contribution in [1.82, 2.24) is 10.2 Å². The average molecular weight is 320 g/mol. The smallest absolute Gasteiger partial charge is 0.254 e. The number of nitrogens with one attached hydrogen (secondary N) is 1. The summed E-state index contributed by atoms with van der Waals surface area (Å²) in [6.07, 6.45) is 1.24. The fourth-order valence-corrected chi connectivity index (χ4v) is 3.01. The molecule has 0 aromatic heterocycles. The standard InChI is InChI=1S/C20H20N2O2/c1-3-19(23)21-12-15-8-10-16(11-9-15)20(24)22-13-17-6-4-5-7-18(17)14(22)2/h3-11,14H,1,12-13H2,2H3,(H,21,23)/t14-/m0/s1. The quantitative estimate of drug-likeness (QED) is 0.880. The van der Waals surface area contributed by atoms with Gasteiger partial charge in [-0.25, -0.2) is 0 Å². The zero-order valence-corrected chi connectivity index (χ0v) is 13.7. The van der Waals surface area contributed by atoms with Crippen molar-refractivity contribution in [2.45, 2.75) is 26.1 Å². The second kappa shape index (κ2) is 6.71. The molecule has 2 amide bonds. The van der Waals surface area contributed by atoms with Crippen LogP contribution in [0.2, 0.25) is 0 Å². The van der Waals surface area contributed by atoms with E-state index in [1.165, 1.54) is 17.2 Å². The highest BCUT2D eigenvalue weighted by atomic mass is 16.2. The molecule has 0 spiro atoms. The van der Waals surface area contributed by atoms with E-state index in [4.69, 9.17) is 0 Å². The van der Waals surface area contributed by atoms with Gasteiger partial charge in [-0.05, 0) is 41.8 Å². The Kier molecular flexibility index (Phi) is 4.47. The molecule has 0 bridgehead atoms. The normalized spacial score (nSPS) is 15.7. The second-order valence-electron chi connectivity index (χ2n) is 5.93. The molecular weight excluding hydrogens is 300 g/mol. The largest absolute Gasteiger partial charge is 0.348 e. The van der Waals surface area contributed by atoms with Crippen LogP contribution in [-0.2, 0) is 17.9 Å². The van der Waals surface area contributed by atoms with Gasteiger partial charge in [-0.2, -0.15) is 0 Å². The minimum atomic E-state index is -0.209. The number of fused-ring (bicyclic) bond motifs is 1. The number of benzene rings is 2. The number of nitrogens with zero attached hydrogens (tertiary/aromatic N) is 1. The van der Waals surface area contributed by atoms with Gasteiger partial charge in [-0.15, -0.1) is 0 Å². The first-order valence-electron chi connectivity index (χ1n) is 7.98. The lowest BCUT2D eigenvalue weighted by molar-refractivity contribution is -0.116. The van der Waals surface area contributed by atoms with Crippen LogP contribution in [0.1, 0.15) is 40.0 Å². The van der Waals surface area contributed by atoms with Gasteiger partial charge in [0.05, 0.1) is 6.04 Å². The van der Waals surface area contributed by atoms with Gasteiger partial charge < -0.3 is 10.2 Å². The summed E-state index contributed by atoms with van der Waals surface area (Å²) in [6.45, 7) is 6.54. The lowest BCUT2D eigenvalue weighted by atomic mass is 10.1. The van der Waals surface area contributed by atoms with Crippen molar-refractivity contribution in [3.8, 4) is 0 Å². The van der Waals surface area contributed by atoms with Crippen molar-refractivity contribution in [3.05, 3.63) is 83.4 Å². The molecule has 2 aromatic carbocycles. The lowest BCUT2D eigenvalue weighted by Crippen LogP contribution is -2.28. The maximum Gasteiger partial charge on any atom is 0.254 e. The van der Waals surface area contributed by atoms with Crippen LogP contribution in [0.15, 0.2) is 61.2 Å². The molecule has 1 atom stereocenters. The van der Waals surface area contributed by atoms with Gasteiger partial charge in [0.15, 0.2) is 0 Å². The molecule has 2 aromatic rings. The zero-order valence-electron chi connectivity index (χ0n) is 13.7. The molecule has 0 fully saturated rings. The highest BCUT2D eigenvalue weighted by molar-refractivity contribution is 5.95. The summed E-state index contributed by atoms with van der Waals surface area (Å²) in [5.41, 5.74) is 4.03. The molecular formula is C20H20N2O2. The first-order valence-corrected chi connectivity index (χ1v) is 7.98. The van der Waals surface area contributed by atoms with Gasteiger partial charge in [-0.1, -0.05) is 43.0 Å². The van der Waals surface area contributed by atoms with Gasteiger partial charge >= 0.3 is 0 Å². The highest BCUT2D eigenvalue weighted by Crippen LogP contribution is 2.34. The van der Waals surface area contributed by atoms with E-state index in [1.54, 1.807) is 0 Å². The van der Waals surface area contributed by atoms with Crippen molar-refractivity contribution in [1.29, 1.82) is 0 Å². The Hall–Kier alpha value is -2.88. The molecule has 24 heavy (non-hydrogen) atoms. The highest BCUT2D eigenvalue weighted by Gasteiger charge is 2.30. The lowest BCUT2D eigenvalue weighted by Gasteiger charge is -2.22. The minimum absolute atomic E-state index is 0.0281. The monoisotopic (exact) mass is 320 g/mol. The topological polar surface area (TPSA) is 49.4 Å². The fourth-order valence-electron chi connectivity index (χ4n) is 3.01. The number of rotatable bonds is 4. The molecule has 1 heterocycles. The van der Waals surface area contributed by atoms with Crippen molar-refractivity contribution in [2.75, 3.05) is 0 Å². The molecule has 1 aliphatic heterocycles. The van der Waals surface area contributed by atoms with E-state index >= 15 is 0 Å². The number of hydrogen-bond donors (Lipinski definition) is 1. The van der Waals surface area contributed by atoms with Crippen LogP contribution >= 0.6 is 0 Å². The van der Waals surface area contributed by atoms with E-state index in [0.717, 1.165) is 5.56 Å². The molecule has 3 rings (SSSR count). The molecule has 0 saturated carbocycles. The van der Waals surface area contributed by atoms with E-state index in [1.807, 2.05) is 41.3 Å². The molecule has 4 heteroatoms. The van der Waals surface area contributed by atoms with Gasteiger partial charge in [0.2, 0.25) is 5.91 Å². The van der Waals surface area contributed by atoms with E-state index in [9.17, 15) is 9.59 Å². The Morgan fingerprint density at radius 1 is 1.21 bits per heavy atom. The number of amides is 2. The first-order chi connectivity index (χ1) is 11.6. The molecule has 4 nitrogen and oxygen atoms in total. The first kappa shape index (κ1) is 16.0. The van der Waals surface area contributed by atoms with Crippen molar-refractivity contribution < 1.29 is 9.59 Å². The van der Waals surface area contributed by atoms with Crippen molar-refractivity contribution in [3.63, 3.8) is 0 Å². The Morgan fingerprint density at radius 2 is 1.92 bits per heavy atom. The van der Waals surface area contributed by atoms with Crippen molar-refractivity contribution >= 4 is 11.8 Å². The number of carbonyl (C=O) groups excluding carboxylic acids is 2. The summed E-state index contributed by atoms with van der Waals surface area (Å²) in [7, 11) is 0. The van der Waals surface area contributed by atoms with Crippen LogP contribution < -0.4 is 5.32 Å². The third-order valence-corrected chi connectivity index (χ3v) is 4.43. The van der Waals surface area contributed by atoms with Gasteiger partial charge in [0.25, 0.3) is 5.91 Å². The van der Waals surface area contributed by atoms with Gasteiger partial charge in [0.1, 0.15) is 0 Å². The molecule has 0 saturated heterocycles. The predicted octanol–water partition coefficient (Wildman–Crippen LogP) is 3.21. The minimum Gasteiger partial charge on any atom is -0.348 e. The maximum absolute atomic E-state index is 12.8. The Bertz CT molecular complexity index is 780.